The van der Waals surface area contributed by atoms with Crippen LogP contribution in [0.25, 0.3) is 5.69 Å². The van der Waals surface area contributed by atoms with E-state index in [1.54, 1.807) is 11.8 Å². The Morgan fingerprint density at radius 3 is 2.85 bits per heavy atom. The van der Waals surface area contributed by atoms with E-state index in [1.807, 2.05) is 37.1 Å². The minimum Gasteiger partial charge on any atom is -0.494 e. The molecule has 1 fully saturated rings. The molecule has 0 radical (unpaired) electrons. The first-order chi connectivity index (χ1) is 12.6. The number of rotatable bonds is 6. The zero-order valence-corrected chi connectivity index (χ0v) is 16.3. The number of methoxy groups -OCH3 is 1. The molecule has 3 rings (SSSR count). The second-order valence-electron chi connectivity index (χ2n) is 6.63. The van der Waals surface area contributed by atoms with E-state index >= 15 is 0 Å². The molecule has 1 saturated carbocycles. The standard InChI is InChI=1S/C18H25N5O2S/c1-13-9-10-16(25-3)15(11-13)23-18(19-20-21-23)26-12-17(24)22(2)14-7-5-4-6-8-14/h9-11,14H,4-8,12H2,1-3H3. The maximum atomic E-state index is 12.6. The van der Waals surface area contributed by atoms with E-state index in [1.165, 1.54) is 31.0 Å². The predicted octanol–water partition coefficient (Wildman–Crippen LogP) is 2.86. The average Bonchev–Trinajstić information content (AvgIpc) is 3.14. The van der Waals surface area contributed by atoms with Crippen molar-refractivity contribution < 1.29 is 9.53 Å². The van der Waals surface area contributed by atoms with Crippen molar-refractivity contribution in [3.63, 3.8) is 0 Å². The Hall–Kier alpha value is -2.09. The fourth-order valence-corrected chi connectivity index (χ4v) is 4.09. The molecule has 0 aliphatic heterocycles. The predicted molar refractivity (Wildman–Crippen MR) is 101 cm³/mol. The van der Waals surface area contributed by atoms with Gasteiger partial charge in [0.05, 0.1) is 12.9 Å². The second-order valence-corrected chi connectivity index (χ2v) is 7.58. The summed E-state index contributed by atoms with van der Waals surface area (Å²) in [4.78, 5) is 14.5. The van der Waals surface area contributed by atoms with E-state index < -0.39 is 0 Å². The third-order valence-electron chi connectivity index (χ3n) is 4.84. The van der Waals surface area contributed by atoms with E-state index in [9.17, 15) is 4.79 Å². The summed E-state index contributed by atoms with van der Waals surface area (Å²) in [5.74, 6) is 1.13. The molecule has 26 heavy (non-hydrogen) atoms. The highest BCUT2D eigenvalue weighted by Gasteiger charge is 2.23. The summed E-state index contributed by atoms with van der Waals surface area (Å²) in [6.07, 6.45) is 5.90. The van der Waals surface area contributed by atoms with Gasteiger partial charge in [-0.15, -0.1) is 5.10 Å². The largest absolute Gasteiger partial charge is 0.494 e. The molecule has 7 nitrogen and oxygen atoms in total. The summed E-state index contributed by atoms with van der Waals surface area (Å²) in [6, 6.07) is 6.20. The lowest BCUT2D eigenvalue weighted by molar-refractivity contribution is -0.129. The highest BCUT2D eigenvalue weighted by atomic mass is 32.2. The number of carbonyl (C=O) groups is 1. The van der Waals surface area contributed by atoms with Crippen LogP contribution in [-0.2, 0) is 4.79 Å². The lowest BCUT2D eigenvalue weighted by Gasteiger charge is -2.31. The number of carbonyl (C=O) groups excluding carboxylic acids is 1. The van der Waals surface area contributed by atoms with Crippen molar-refractivity contribution in [1.29, 1.82) is 0 Å². The van der Waals surface area contributed by atoms with Crippen LogP contribution in [-0.4, -0.2) is 57.0 Å². The van der Waals surface area contributed by atoms with Gasteiger partial charge in [0, 0.05) is 13.1 Å². The smallest absolute Gasteiger partial charge is 0.233 e. The molecule has 1 amide bonds. The highest BCUT2D eigenvalue weighted by Crippen LogP contribution is 2.27. The van der Waals surface area contributed by atoms with Crippen molar-refractivity contribution >= 4 is 17.7 Å². The number of aromatic nitrogens is 4. The van der Waals surface area contributed by atoms with Crippen LogP contribution in [0.3, 0.4) is 0 Å². The molecule has 1 aliphatic rings. The maximum Gasteiger partial charge on any atom is 0.233 e. The Morgan fingerprint density at radius 1 is 1.35 bits per heavy atom. The molecule has 1 aromatic carbocycles. The highest BCUT2D eigenvalue weighted by molar-refractivity contribution is 7.99. The van der Waals surface area contributed by atoms with E-state index in [2.05, 4.69) is 15.5 Å². The number of hydrogen-bond acceptors (Lipinski definition) is 6. The number of benzene rings is 1. The minimum absolute atomic E-state index is 0.118. The van der Waals surface area contributed by atoms with Crippen LogP contribution in [0.2, 0.25) is 0 Å². The number of thioether (sulfide) groups is 1. The Labute approximate surface area is 158 Å². The van der Waals surface area contributed by atoms with Gasteiger partial charge in [-0.1, -0.05) is 37.1 Å². The van der Waals surface area contributed by atoms with Crippen molar-refractivity contribution in [2.24, 2.45) is 0 Å². The zero-order chi connectivity index (χ0) is 18.5. The number of nitrogens with zero attached hydrogens (tertiary/aromatic N) is 5. The minimum atomic E-state index is 0.118. The van der Waals surface area contributed by atoms with Crippen LogP contribution in [0.15, 0.2) is 23.4 Å². The van der Waals surface area contributed by atoms with Crippen LogP contribution >= 0.6 is 11.8 Å². The van der Waals surface area contributed by atoms with E-state index in [0.717, 1.165) is 24.1 Å². The van der Waals surface area contributed by atoms with Crippen LogP contribution in [0.1, 0.15) is 37.7 Å². The van der Waals surface area contributed by atoms with Gasteiger partial charge in [-0.2, -0.15) is 4.68 Å². The van der Waals surface area contributed by atoms with Crippen molar-refractivity contribution in [2.75, 3.05) is 19.9 Å². The number of ether oxygens (including phenoxy) is 1. The Kier molecular flexibility index (Phi) is 6.13. The molecule has 0 unspecified atom stereocenters. The Bertz CT molecular complexity index is 758. The summed E-state index contributed by atoms with van der Waals surface area (Å²) in [6.45, 7) is 2.00. The molecule has 2 aromatic rings. The molecule has 0 saturated heterocycles. The van der Waals surface area contributed by atoms with Gasteiger partial charge in [-0.25, -0.2) is 0 Å². The summed E-state index contributed by atoms with van der Waals surface area (Å²) in [5.41, 5.74) is 1.86. The molecular formula is C18H25N5O2S. The summed E-state index contributed by atoms with van der Waals surface area (Å²) < 4.78 is 7.05. The molecular weight excluding hydrogens is 350 g/mol. The molecule has 1 aromatic heterocycles. The Balaban J connectivity index is 1.69. The van der Waals surface area contributed by atoms with Gasteiger partial charge in [0.25, 0.3) is 0 Å². The average molecular weight is 375 g/mol. The Morgan fingerprint density at radius 2 is 2.12 bits per heavy atom. The molecule has 1 aliphatic carbocycles. The molecule has 0 atom stereocenters. The van der Waals surface area contributed by atoms with Crippen molar-refractivity contribution in [3.8, 4) is 11.4 Å². The fourth-order valence-electron chi connectivity index (χ4n) is 3.29. The third-order valence-corrected chi connectivity index (χ3v) is 5.75. The van der Waals surface area contributed by atoms with E-state index in [4.69, 9.17) is 4.74 Å². The number of aryl methyl sites for hydroxylation is 1. The summed E-state index contributed by atoms with van der Waals surface area (Å²) in [7, 11) is 3.53. The molecule has 8 heteroatoms. The normalized spacial score (nSPS) is 15.0. The zero-order valence-electron chi connectivity index (χ0n) is 15.5. The van der Waals surface area contributed by atoms with Crippen LogP contribution in [0, 0.1) is 6.92 Å². The lowest BCUT2D eigenvalue weighted by Crippen LogP contribution is -2.39. The second kappa shape index (κ2) is 8.53. The van der Waals surface area contributed by atoms with Crippen LogP contribution in [0.4, 0.5) is 0 Å². The van der Waals surface area contributed by atoms with Gasteiger partial charge >= 0.3 is 0 Å². The first-order valence-corrected chi connectivity index (χ1v) is 9.90. The summed E-state index contributed by atoms with van der Waals surface area (Å²) >= 11 is 1.35. The lowest BCUT2D eigenvalue weighted by atomic mass is 9.94. The van der Waals surface area contributed by atoms with Gasteiger partial charge in [0.2, 0.25) is 11.1 Å². The molecule has 0 N–H and O–H groups in total. The van der Waals surface area contributed by atoms with Crippen molar-refractivity contribution in [1.82, 2.24) is 25.1 Å². The van der Waals surface area contributed by atoms with Gasteiger partial charge in [-0.05, 0) is 47.9 Å². The maximum absolute atomic E-state index is 12.6. The summed E-state index contributed by atoms with van der Waals surface area (Å²) in [5, 5.41) is 12.5. The number of tetrazole rings is 1. The monoisotopic (exact) mass is 375 g/mol. The van der Waals surface area contributed by atoms with Crippen molar-refractivity contribution in [2.45, 2.75) is 50.2 Å². The van der Waals surface area contributed by atoms with Crippen LogP contribution < -0.4 is 4.74 Å². The van der Waals surface area contributed by atoms with Gasteiger partial charge < -0.3 is 9.64 Å². The van der Waals surface area contributed by atoms with Gasteiger partial charge in [0.15, 0.2) is 0 Å². The molecule has 140 valence electrons. The number of hydrogen-bond donors (Lipinski definition) is 0. The van der Waals surface area contributed by atoms with Gasteiger partial charge in [-0.3, -0.25) is 4.79 Å². The molecule has 1 heterocycles. The van der Waals surface area contributed by atoms with Gasteiger partial charge in [0.1, 0.15) is 11.4 Å². The molecule has 0 bridgehead atoms. The first-order valence-electron chi connectivity index (χ1n) is 8.92. The van der Waals surface area contributed by atoms with E-state index in [-0.39, 0.29) is 5.91 Å². The number of amides is 1. The van der Waals surface area contributed by atoms with E-state index in [0.29, 0.717) is 22.7 Å². The SMILES string of the molecule is COc1ccc(C)cc1-n1nnnc1SCC(=O)N(C)C1CCCCC1. The van der Waals surface area contributed by atoms with Crippen molar-refractivity contribution in [3.05, 3.63) is 23.8 Å². The third kappa shape index (κ3) is 4.17. The quantitative estimate of drug-likeness (QED) is 0.723. The topological polar surface area (TPSA) is 73.1 Å². The van der Waals surface area contributed by atoms with Crippen LogP contribution in [0.5, 0.6) is 5.75 Å². The fraction of sp³-hybridized carbons (Fsp3) is 0.556. The molecule has 0 spiro atoms. The first kappa shape index (κ1) is 18.7.